The molecule has 1 aliphatic rings. The second kappa shape index (κ2) is 6.43. The molecule has 2 rings (SSSR count). The highest BCUT2D eigenvalue weighted by Crippen LogP contribution is 2.27. The zero-order chi connectivity index (χ0) is 15.5. The number of benzene rings is 1. The number of para-hydroxylation sites is 1. The maximum absolute atomic E-state index is 13.7. The quantitative estimate of drug-likeness (QED) is 0.875. The van der Waals surface area contributed by atoms with Gasteiger partial charge in [-0.1, -0.05) is 25.3 Å². The lowest BCUT2D eigenvalue weighted by atomic mass is 9.91. The average Bonchev–Trinajstić information content (AvgIpc) is 2.41. The first-order valence-electron chi connectivity index (χ1n) is 6.91. The Balaban J connectivity index is 2.18. The zero-order valence-electron chi connectivity index (χ0n) is 11.5. The van der Waals surface area contributed by atoms with Gasteiger partial charge in [-0.3, -0.25) is 4.72 Å². The van der Waals surface area contributed by atoms with E-state index in [9.17, 15) is 17.6 Å². The summed E-state index contributed by atoms with van der Waals surface area (Å²) in [5, 5.41) is 9.01. The van der Waals surface area contributed by atoms with Gasteiger partial charge in [-0.2, -0.15) is 0 Å². The van der Waals surface area contributed by atoms with Crippen LogP contribution in [0.1, 0.15) is 42.5 Å². The van der Waals surface area contributed by atoms with Gasteiger partial charge in [0.1, 0.15) is 5.82 Å². The van der Waals surface area contributed by atoms with Crippen molar-refractivity contribution in [2.24, 2.45) is 5.92 Å². The van der Waals surface area contributed by atoms with Crippen LogP contribution < -0.4 is 4.72 Å². The molecule has 1 aliphatic carbocycles. The number of hydrogen-bond donors (Lipinski definition) is 2. The molecule has 0 saturated heterocycles. The van der Waals surface area contributed by atoms with Gasteiger partial charge in [0.2, 0.25) is 10.0 Å². The Labute approximate surface area is 123 Å². The summed E-state index contributed by atoms with van der Waals surface area (Å²) in [4.78, 5) is 11.0. The number of aromatic carboxylic acids is 1. The van der Waals surface area contributed by atoms with E-state index in [1.54, 1.807) is 0 Å². The molecule has 0 heterocycles. The first-order valence-corrected chi connectivity index (χ1v) is 8.56. The highest BCUT2D eigenvalue weighted by molar-refractivity contribution is 7.92. The molecule has 21 heavy (non-hydrogen) atoms. The van der Waals surface area contributed by atoms with E-state index in [-0.39, 0.29) is 17.2 Å². The molecule has 0 amide bonds. The number of carbonyl (C=O) groups is 1. The van der Waals surface area contributed by atoms with Gasteiger partial charge < -0.3 is 5.11 Å². The van der Waals surface area contributed by atoms with Crippen LogP contribution in [0.4, 0.5) is 10.1 Å². The van der Waals surface area contributed by atoms with Crippen LogP contribution in [-0.4, -0.2) is 25.2 Å². The van der Waals surface area contributed by atoms with E-state index in [1.807, 2.05) is 0 Å². The normalized spacial score (nSPS) is 16.6. The molecule has 0 aromatic heterocycles. The second-order valence-corrected chi connectivity index (χ2v) is 7.12. The topological polar surface area (TPSA) is 83.5 Å². The molecule has 1 aromatic carbocycles. The molecule has 0 radical (unpaired) electrons. The molecule has 5 nitrogen and oxygen atoms in total. The Bertz CT molecular complexity index is 624. The number of sulfonamides is 1. The Morgan fingerprint density at radius 1 is 1.29 bits per heavy atom. The summed E-state index contributed by atoms with van der Waals surface area (Å²) < 4.78 is 40.1. The number of anilines is 1. The minimum Gasteiger partial charge on any atom is -0.478 e. The van der Waals surface area contributed by atoms with Crippen LogP contribution in [0.2, 0.25) is 0 Å². The summed E-state index contributed by atoms with van der Waals surface area (Å²) in [6.45, 7) is 0. The molecular formula is C14H18FNO4S. The van der Waals surface area contributed by atoms with E-state index in [4.69, 9.17) is 5.11 Å². The maximum atomic E-state index is 13.7. The van der Waals surface area contributed by atoms with Crippen LogP contribution in [0.25, 0.3) is 0 Å². The van der Waals surface area contributed by atoms with E-state index >= 15 is 0 Å². The average molecular weight is 315 g/mol. The Morgan fingerprint density at radius 3 is 2.57 bits per heavy atom. The van der Waals surface area contributed by atoms with Crippen LogP contribution in [0, 0.1) is 11.7 Å². The smallest absolute Gasteiger partial charge is 0.337 e. The lowest BCUT2D eigenvalue weighted by Gasteiger charge is -2.22. The van der Waals surface area contributed by atoms with Crippen molar-refractivity contribution in [2.75, 3.05) is 10.5 Å². The number of carboxylic acid groups (broad SMARTS) is 1. The molecule has 116 valence electrons. The van der Waals surface area contributed by atoms with Crippen LogP contribution in [0.5, 0.6) is 0 Å². The molecule has 0 atom stereocenters. The van der Waals surface area contributed by atoms with Crippen molar-refractivity contribution in [3.05, 3.63) is 29.6 Å². The highest BCUT2D eigenvalue weighted by atomic mass is 32.2. The summed E-state index contributed by atoms with van der Waals surface area (Å²) in [6.07, 6.45) is 4.79. The summed E-state index contributed by atoms with van der Waals surface area (Å²) in [6, 6.07) is 3.44. The van der Waals surface area contributed by atoms with Crippen LogP contribution in [-0.2, 0) is 10.0 Å². The third-order valence-corrected chi connectivity index (χ3v) is 5.11. The zero-order valence-corrected chi connectivity index (χ0v) is 12.3. The standard InChI is InChI=1S/C14H18FNO4S/c15-12-8-4-7-11(14(17)18)13(12)16-21(19,20)9-10-5-2-1-3-6-10/h4,7-8,10,16H,1-3,5-6,9H2,(H,17,18). The second-order valence-electron chi connectivity index (χ2n) is 5.36. The summed E-state index contributed by atoms with van der Waals surface area (Å²) in [5.41, 5.74) is -0.872. The van der Waals surface area contributed by atoms with Crippen molar-refractivity contribution < 1.29 is 22.7 Å². The summed E-state index contributed by atoms with van der Waals surface area (Å²) in [5.74, 6) is -2.30. The van der Waals surface area contributed by atoms with Crippen LogP contribution >= 0.6 is 0 Å². The number of carboxylic acids is 1. The Morgan fingerprint density at radius 2 is 1.95 bits per heavy atom. The number of nitrogens with one attached hydrogen (secondary N) is 1. The lowest BCUT2D eigenvalue weighted by molar-refractivity contribution is 0.0697. The fourth-order valence-electron chi connectivity index (χ4n) is 2.67. The van der Waals surface area contributed by atoms with Crippen LogP contribution in [0.3, 0.4) is 0 Å². The lowest BCUT2D eigenvalue weighted by Crippen LogP contribution is -2.25. The summed E-state index contributed by atoms with van der Waals surface area (Å²) >= 11 is 0. The number of hydrogen-bond acceptors (Lipinski definition) is 3. The summed E-state index contributed by atoms with van der Waals surface area (Å²) in [7, 11) is -3.77. The molecule has 0 unspecified atom stereocenters. The van der Waals surface area contributed by atoms with Crippen molar-refractivity contribution in [2.45, 2.75) is 32.1 Å². The van der Waals surface area contributed by atoms with Crippen molar-refractivity contribution in [3.63, 3.8) is 0 Å². The monoisotopic (exact) mass is 315 g/mol. The molecule has 0 spiro atoms. The molecule has 1 saturated carbocycles. The molecule has 2 N–H and O–H groups in total. The third kappa shape index (κ3) is 4.17. The van der Waals surface area contributed by atoms with E-state index in [2.05, 4.69) is 4.72 Å². The molecule has 1 aromatic rings. The Hall–Kier alpha value is -1.63. The van der Waals surface area contributed by atoms with Gasteiger partial charge in [-0.15, -0.1) is 0 Å². The van der Waals surface area contributed by atoms with Gasteiger partial charge in [0.05, 0.1) is 17.0 Å². The van der Waals surface area contributed by atoms with Crippen molar-refractivity contribution in [1.29, 1.82) is 0 Å². The largest absolute Gasteiger partial charge is 0.478 e. The van der Waals surface area contributed by atoms with E-state index in [1.165, 1.54) is 12.1 Å². The maximum Gasteiger partial charge on any atom is 0.337 e. The molecule has 0 bridgehead atoms. The van der Waals surface area contributed by atoms with Crippen molar-refractivity contribution >= 4 is 21.7 Å². The predicted molar refractivity (Wildman–Crippen MR) is 77.3 cm³/mol. The van der Waals surface area contributed by atoms with Crippen LogP contribution in [0.15, 0.2) is 18.2 Å². The van der Waals surface area contributed by atoms with Crippen molar-refractivity contribution in [1.82, 2.24) is 0 Å². The molecular weight excluding hydrogens is 297 g/mol. The van der Waals surface area contributed by atoms with E-state index in [0.717, 1.165) is 38.2 Å². The SMILES string of the molecule is O=C(O)c1cccc(F)c1NS(=O)(=O)CC1CCCCC1. The van der Waals surface area contributed by atoms with E-state index < -0.39 is 27.5 Å². The minimum atomic E-state index is -3.77. The first-order chi connectivity index (χ1) is 9.89. The third-order valence-electron chi connectivity index (χ3n) is 3.68. The fraction of sp³-hybridized carbons (Fsp3) is 0.500. The Kier molecular flexibility index (Phi) is 4.82. The van der Waals surface area contributed by atoms with Crippen molar-refractivity contribution in [3.8, 4) is 0 Å². The van der Waals surface area contributed by atoms with Gasteiger partial charge in [0, 0.05) is 0 Å². The minimum absolute atomic E-state index is 0.0521. The predicted octanol–water partition coefficient (Wildman–Crippen LogP) is 2.85. The first kappa shape index (κ1) is 15.8. The molecule has 7 heteroatoms. The number of halogens is 1. The molecule has 0 aliphatic heterocycles. The van der Waals surface area contributed by atoms with Gasteiger partial charge in [0.25, 0.3) is 0 Å². The fourth-order valence-corrected chi connectivity index (χ4v) is 4.22. The molecule has 1 fully saturated rings. The van der Waals surface area contributed by atoms with Gasteiger partial charge in [-0.05, 0) is 30.9 Å². The van der Waals surface area contributed by atoms with Gasteiger partial charge in [-0.25, -0.2) is 17.6 Å². The number of rotatable bonds is 5. The van der Waals surface area contributed by atoms with Gasteiger partial charge in [0.15, 0.2) is 0 Å². The van der Waals surface area contributed by atoms with E-state index in [0.29, 0.717) is 0 Å². The highest BCUT2D eigenvalue weighted by Gasteiger charge is 2.24. The van der Waals surface area contributed by atoms with Gasteiger partial charge >= 0.3 is 5.97 Å².